The molecule has 0 heterocycles. The van der Waals surface area contributed by atoms with Crippen LogP contribution in [0.2, 0.25) is 5.02 Å². The molecule has 0 aliphatic rings. The summed E-state index contributed by atoms with van der Waals surface area (Å²) in [6, 6.07) is 5.66. The molecule has 1 aromatic carbocycles. The van der Waals surface area contributed by atoms with Crippen LogP contribution in [-0.2, 0) is 14.8 Å². The Hall–Kier alpha value is -1.62. The van der Waals surface area contributed by atoms with E-state index in [1.54, 1.807) is 6.92 Å². The Kier molecular flexibility index (Phi) is 5.51. The molecule has 0 aliphatic heterocycles. The van der Waals surface area contributed by atoms with Crippen molar-refractivity contribution in [3.63, 3.8) is 0 Å². The van der Waals surface area contributed by atoms with Crippen LogP contribution >= 0.6 is 11.6 Å². The Bertz CT molecular complexity index is 652. The molecule has 0 fully saturated rings. The quantitative estimate of drug-likeness (QED) is 0.876. The number of likely N-dealkylation sites (N-methyl/N-ethyl adjacent to an activating group) is 2. The molecule has 1 aromatic rings. The van der Waals surface area contributed by atoms with Gasteiger partial charge in [0, 0.05) is 13.6 Å². The van der Waals surface area contributed by atoms with Gasteiger partial charge in [-0.25, -0.2) is 8.42 Å². The van der Waals surface area contributed by atoms with E-state index in [4.69, 9.17) is 16.9 Å². The number of nitriles is 1. The minimum absolute atomic E-state index is 0.0555. The lowest BCUT2D eigenvalue weighted by Gasteiger charge is -2.16. The molecule has 0 bridgehead atoms. The molecular formula is C12H14ClN3O3S. The highest BCUT2D eigenvalue weighted by Crippen LogP contribution is 2.22. The zero-order valence-corrected chi connectivity index (χ0v) is 12.6. The van der Waals surface area contributed by atoms with Gasteiger partial charge in [0.15, 0.2) is 0 Å². The van der Waals surface area contributed by atoms with Crippen molar-refractivity contribution in [3.8, 4) is 6.07 Å². The highest BCUT2D eigenvalue weighted by Gasteiger charge is 2.23. The standard InChI is InChI=1S/C12H14ClN3O3S/c1-3-15-12(17)8-16(2)20(18,19)10-5-4-9(7-14)11(13)6-10/h4-6H,3,8H2,1-2H3,(H,15,17). The average Bonchev–Trinajstić information content (AvgIpc) is 2.38. The molecule has 108 valence electrons. The van der Waals surface area contributed by atoms with Crippen molar-refractivity contribution < 1.29 is 13.2 Å². The molecule has 0 atom stereocenters. The average molecular weight is 316 g/mol. The van der Waals surface area contributed by atoms with Gasteiger partial charge in [-0.1, -0.05) is 11.6 Å². The first kappa shape index (κ1) is 16.4. The zero-order valence-electron chi connectivity index (χ0n) is 11.1. The van der Waals surface area contributed by atoms with Crippen LogP contribution in [-0.4, -0.2) is 38.8 Å². The Labute approximate surface area is 123 Å². The number of nitrogens with zero attached hydrogens (tertiary/aromatic N) is 2. The number of benzene rings is 1. The fourth-order valence-electron chi connectivity index (χ4n) is 1.47. The van der Waals surface area contributed by atoms with Gasteiger partial charge in [0.1, 0.15) is 6.07 Å². The fraction of sp³-hybridized carbons (Fsp3) is 0.333. The maximum absolute atomic E-state index is 12.2. The molecular weight excluding hydrogens is 302 g/mol. The van der Waals surface area contributed by atoms with Crippen molar-refractivity contribution in [1.29, 1.82) is 5.26 Å². The van der Waals surface area contributed by atoms with Gasteiger partial charge in [0.2, 0.25) is 15.9 Å². The lowest BCUT2D eigenvalue weighted by atomic mass is 10.2. The third kappa shape index (κ3) is 3.70. The summed E-state index contributed by atoms with van der Waals surface area (Å²) >= 11 is 5.81. The first-order chi connectivity index (χ1) is 9.32. The number of carbonyl (C=O) groups is 1. The van der Waals surface area contributed by atoms with Crippen LogP contribution < -0.4 is 5.32 Å². The third-order valence-electron chi connectivity index (χ3n) is 2.51. The van der Waals surface area contributed by atoms with E-state index in [0.29, 0.717) is 6.54 Å². The van der Waals surface area contributed by atoms with E-state index in [0.717, 1.165) is 4.31 Å². The molecule has 0 unspecified atom stereocenters. The fourth-order valence-corrected chi connectivity index (χ4v) is 2.91. The summed E-state index contributed by atoms with van der Waals surface area (Å²) in [6.07, 6.45) is 0. The van der Waals surface area contributed by atoms with Gasteiger partial charge in [-0.05, 0) is 25.1 Å². The van der Waals surface area contributed by atoms with Crippen LogP contribution in [0.3, 0.4) is 0 Å². The molecule has 1 amide bonds. The molecule has 0 radical (unpaired) electrons. The van der Waals surface area contributed by atoms with E-state index >= 15 is 0 Å². The van der Waals surface area contributed by atoms with Gasteiger partial charge < -0.3 is 5.32 Å². The summed E-state index contributed by atoms with van der Waals surface area (Å²) in [7, 11) is -2.52. The van der Waals surface area contributed by atoms with E-state index < -0.39 is 15.9 Å². The molecule has 0 aliphatic carbocycles. The summed E-state index contributed by atoms with van der Waals surface area (Å²) in [5, 5.41) is 11.3. The van der Waals surface area contributed by atoms with Crippen molar-refractivity contribution in [2.24, 2.45) is 0 Å². The predicted octanol–water partition coefficient (Wildman–Crippen LogP) is 0.968. The Balaban J connectivity index is 3.02. The van der Waals surface area contributed by atoms with Crippen LogP contribution in [0, 0.1) is 11.3 Å². The predicted molar refractivity (Wildman–Crippen MR) is 74.7 cm³/mol. The molecule has 20 heavy (non-hydrogen) atoms. The molecule has 1 rings (SSSR count). The van der Waals surface area contributed by atoms with Crippen molar-refractivity contribution in [2.45, 2.75) is 11.8 Å². The number of nitrogens with one attached hydrogen (secondary N) is 1. The van der Waals surface area contributed by atoms with Gasteiger partial charge >= 0.3 is 0 Å². The van der Waals surface area contributed by atoms with Crippen molar-refractivity contribution in [2.75, 3.05) is 20.1 Å². The maximum Gasteiger partial charge on any atom is 0.243 e. The Morgan fingerprint density at radius 2 is 2.15 bits per heavy atom. The lowest BCUT2D eigenvalue weighted by molar-refractivity contribution is -0.121. The van der Waals surface area contributed by atoms with E-state index in [9.17, 15) is 13.2 Å². The molecule has 1 N–H and O–H groups in total. The Morgan fingerprint density at radius 1 is 1.50 bits per heavy atom. The largest absolute Gasteiger partial charge is 0.355 e. The molecule has 0 aromatic heterocycles. The molecule has 8 heteroatoms. The number of hydrogen-bond acceptors (Lipinski definition) is 4. The number of carbonyl (C=O) groups excluding carboxylic acids is 1. The summed E-state index contributed by atoms with van der Waals surface area (Å²) in [6.45, 7) is 1.88. The number of hydrogen-bond donors (Lipinski definition) is 1. The van der Waals surface area contributed by atoms with E-state index in [1.165, 1.54) is 25.2 Å². The number of amides is 1. The molecule has 0 spiro atoms. The van der Waals surface area contributed by atoms with Crippen LogP contribution in [0.1, 0.15) is 12.5 Å². The second kappa shape index (κ2) is 6.70. The Morgan fingerprint density at radius 3 is 2.65 bits per heavy atom. The van der Waals surface area contributed by atoms with Gasteiger partial charge in [-0.2, -0.15) is 9.57 Å². The topological polar surface area (TPSA) is 90.3 Å². The minimum Gasteiger partial charge on any atom is -0.355 e. The van der Waals surface area contributed by atoms with Crippen molar-refractivity contribution in [3.05, 3.63) is 28.8 Å². The summed E-state index contributed by atoms with van der Waals surface area (Å²) in [5.41, 5.74) is 0.192. The van der Waals surface area contributed by atoms with Gasteiger partial charge in [-0.3, -0.25) is 4.79 Å². The normalized spacial score (nSPS) is 11.2. The smallest absolute Gasteiger partial charge is 0.243 e. The van der Waals surface area contributed by atoms with E-state index in [2.05, 4.69) is 5.32 Å². The summed E-state index contributed by atoms with van der Waals surface area (Å²) in [5.74, 6) is -0.390. The highest BCUT2D eigenvalue weighted by molar-refractivity contribution is 7.89. The lowest BCUT2D eigenvalue weighted by Crippen LogP contribution is -2.38. The van der Waals surface area contributed by atoms with Crippen LogP contribution in [0.15, 0.2) is 23.1 Å². The molecule has 6 nitrogen and oxygen atoms in total. The first-order valence-corrected chi connectivity index (χ1v) is 7.57. The van der Waals surface area contributed by atoms with Crippen LogP contribution in [0.25, 0.3) is 0 Å². The zero-order chi connectivity index (χ0) is 15.3. The van der Waals surface area contributed by atoms with Gasteiger partial charge in [0.05, 0.1) is 22.0 Å². The van der Waals surface area contributed by atoms with Crippen molar-refractivity contribution >= 4 is 27.5 Å². The third-order valence-corrected chi connectivity index (χ3v) is 4.62. The van der Waals surface area contributed by atoms with Gasteiger partial charge in [-0.15, -0.1) is 0 Å². The number of sulfonamides is 1. The minimum atomic E-state index is -3.82. The van der Waals surface area contributed by atoms with Crippen molar-refractivity contribution in [1.82, 2.24) is 9.62 Å². The summed E-state index contributed by atoms with van der Waals surface area (Å²) < 4.78 is 25.4. The van der Waals surface area contributed by atoms with Crippen LogP contribution in [0.4, 0.5) is 0 Å². The molecule has 0 saturated carbocycles. The highest BCUT2D eigenvalue weighted by atomic mass is 35.5. The van der Waals surface area contributed by atoms with E-state index in [1.807, 2.05) is 6.07 Å². The first-order valence-electron chi connectivity index (χ1n) is 5.75. The second-order valence-electron chi connectivity index (χ2n) is 3.97. The van der Waals surface area contributed by atoms with Crippen LogP contribution in [0.5, 0.6) is 0 Å². The monoisotopic (exact) mass is 315 g/mol. The van der Waals surface area contributed by atoms with E-state index in [-0.39, 0.29) is 22.0 Å². The maximum atomic E-state index is 12.2. The second-order valence-corrected chi connectivity index (χ2v) is 6.42. The SMILES string of the molecule is CCNC(=O)CN(C)S(=O)(=O)c1ccc(C#N)c(Cl)c1. The van der Waals surface area contributed by atoms with Gasteiger partial charge in [0.25, 0.3) is 0 Å². The summed E-state index contributed by atoms with van der Waals surface area (Å²) in [4.78, 5) is 11.4. The molecule has 0 saturated heterocycles. The number of halogens is 1. The number of rotatable bonds is 5.